The fraction of sp³-hybridized carbons (Fsp3) is 0.200. The first-order valence-corrected chi connectivity index (χ1v) is 6.33. The van der Waals surface area contributed by atoms with Gasteiger partial charge in [-0.15, -0.1) is 0 Å². The van der Waals surface area contributed by atoms with Crippen molar-refractivity contribution in [2.75, 3.05) is 6.61 Å². The summed E-state index contributed by atoms with van der Waals surface area (Å²) in [6.07, 6.45) is 1.63. The van der Waals surface area contributed by atoms with E-state index in [0.29, 0.717) is 29.5 Å². The first kappa shape index (κ1) is 13.9. The zero-order valence-electron chi connectivity index (χ0n) is 11.5. The number of nitrogens with one attached hydrogen (secondary N) is 1. The number of para-hydroxylation sites is 2. The fourth-order valence-electron chi connectivity index (χ4n) is 1.85. The molecule has 1 heterocycles. The molecule has 0 radical (unpaired) electrons. The molecule has 0 aliphatic carbocycles. The molecule has 0 amide bonds. The lowest BCUT2D eigenvalue weighted by atomic mass is 10.1. The van der Waals surface area contributed by atoms with Crippen LogP contribution >= 0.6 is 0 Å². The summed E-state index contributed by atoms with van der Waals surface area (Å²) >= 11 is 0. The van der Waals surface area contributed by atoms with Crippen molar-refractivity contribution in [3.05, 3.63) is 47.7 Å². The van der Waals surface area contributed by atoms with E-state index in [1.165, 1.54) is 0 Å². The van der Waals surface area contributed by atoms with Gasteiger partial charge in [0, 0.05) is 6.20 Å². The quantitative estimate of drug-likeness (QED) is 0.647. The Balaban J connectivity index is 2.40. The van der Waals surface area contributed by atoms with Gasteiger partial charge < -0.3 is 15.2 Å². The predicted molar refractivity (Wildman–Crippen MR) is 77.7 cm³/mol. The summed E-state index contributed by atoms with van der Waals surface area (Å²) in [5, 5.41) is 7.64. The Kier molecular flexibility index (Phi) is 4.20. The molecule has 5 heteroatoms. The maximum Gasteiger partial charge on any atom is 0.230 e. The zero-order valence-corrected chi connectivity index (χ0v) is 11.5. The first-order valence-electron chi connectivity index (χ1n) is 6.33. The third kappa shape index (κ3) is 2.88. The lowest BCUT2D eigenvalue weighted by Gasteiger charge is -2.13. The molecule has 0 atom stereocenters. The van der Waals surface area contributed by atoms with Crippen LogP contribution in [0, 0.1) is 12.3 Å². The Labute approximate surface area is 117 Å². The number of aromatic nitrogens is 1. The molecule has 2 aromatic rings. The number of hydrogen-bond acceptors (Lipinski definition) is 4. The molecule has 0 unspecified atom stereocenters. The molecule has 0 aliphatic heterocycles. The number of nitrogens with zero attached hydrogens (tertiary/aromatic N) is 1. The number of rotatable bonds is 5. The van der Waals surface area contributed by atoms with Crippen molar-refractivity contribution in [1.29, 1.82) is 5.41 Å². The van der Waals surface area contributed by atoms with E-state index >= 15 is 0 Å². The van der Waals surface area contributed by atoms with Crippen LogP contribution in [-0.4, -0.2) is 17.4 Å². The van der Waals surface area contributed by atoms with Crippen molar-refractivity contribution in [2.24, 2.45) is 5.73 Å². The number of benzene rings is 1. The monoisotopic (exact) mass is 271 g/mol. The summed E-state index contributed by atoms with van der Waals surface area (Å²) in [5.41, 5.74) is 6.94. The van der Waals surface area contributed by atoms with Crippen molar-refractivity contribution in [3.63, 3.8) is 0 Å². The van der Waals surface area contributed by atoms with Gasteiger partial charge in [-0.05, 0) is 37.6 Å². The zero-order chi connectivity index (χ0) is 14.5. The molecule has 0 spiro atoms. The van der Waals surface area contributed by atoms with Gasteiger partial charge in [0.05, 0.1) is 12.2 Å². The molecule has 0 bridgehead atoms. The third-order valence-electron chi connectivity index (χ3n) is 2.75. The highest BCUT2D eigenvalue weighted by atomic mass is 16.5. The van der Waals surface area contributed by atoms with Crippen LogP contribution in [-0.2, 0) is 0 Å². The van der Waals surface area contributed by atoms with Crippen LogP contribution in [0.2, 0.25) is 0 Å². The van der Waals surface area contributed by atoms with Gasteiger partial charge in [-0.25, -0.2) is 4.98 Å². The van der Waals surface area contributed by atoms with Crippen molar-refractivity contribution in [1.82, 2.24) is 4.98 Å². The van der Waals surface area contributed by atoms with E-state index in [-0.39, 0.29) is 5.84 Å². The minimum atomic E-state index is -0.0699. The van der Waals surface area contributed by atoms with Gasteiger partial charge in [0.2, 0.25) is 5.88 Å². The van der Waals surface area contributed by atoms with E-state index < -0.39 is 0 Å². The summed E-state index contributed by atoms with van der Waals surface area (Å²) in [6.45, 7) is 4.31. The van der Waals surface area contributed by atoms with Crippen molar-refractivity contribution in [2.45, 2.75) is 13.8 Å². The maximum atomic E-state index is 7.64. The molecule has 0 saturated carbocycles. The van der Waals surface area contributed by atoms with Crippen molar-refractivity contribution < 1.29 is 9.47 Å². The highest BCUT2D eigenvalue weighted by Gasteiger charge is 2.14. The lowest BCUT2D eigenvalue weighted by Crippen LogP contribution is -2.15. The number of amidine groups is 1. The van der Waals surface area contributed by atoms with Crippen LogP contribution in [0.4, 0.5) is 0 Å². The van der Waals surface area contributed by atoms with E-state index in [1.807, 2.05) is 32.0 Å². The molecule has 1 aromatic carbocycles. The Morgan fingerprint density at radius 1 is 1.25 bits per heavy atom. The predicted octanol–water partition coefficient (Wildman–Crippen LogP) is 2.87. The van der Waals surface area contributed by atoms with Gasteiger partial charge >= 0.3 is 0 Å². The molecular formula is C15H17N3O2. The fourth-order valence-corrected chi connectivity index (χ4v) is 1.85. The van der Waals surface area contributed by atoms with Gasteiger partial charge in [0.15, 0.2) is 11.5 Å². The number of ether oxygens (including phenoxy) is 2. The second-order valence-electron chi connectivity index (χ2n) is 4.20. The summed E-state index contributed by atoms with van der Waals surface area (Å²) in [6, 6.07) is 9.12. The lowest BCUT2D eigenvalue weighted by molar-refractivity contribution is 0.319. The number of hydrogen-bond donors (Lipinski definition) is 2. The van der Waals surface area contributed by atoms with Crippen molar-refractivity contribution in [3.8, 4) is 17.4 Å². The molecule has 2 rings (SSSR count). The Morgan fingerprint density at radius 2 is 1.95 bits per heavy atom. The SMILES string of the molecule is CCOc1ccccc1Oc1nccc(C)c1C(=N)N. The largest absolute Gasteiger partial charge is 0.490 e. The molecule has 104 valence electrons. The summed E-state index contributed by atoms with van der Waals surface area (Å²) in [4.78, 5) is 4.16. The molecule has 1 aromatic heterocycles. The molecule has 0 saturated heterocycles. The maximum absolute atomic E-state index is 7.64. The van der Waals surface area contributed by atoms with Gasteiger partial charge in [-0.2, -0.15) is 0 Å². The molecule has 5 nitrogen and oxygen atoms in total. The Morgan fingerprint density at radius 3 is 2.60 bits per heavy atom. The summed E-state index contributed by atoms with van der Waals surface area (Å²) in [7, 11) is 0. The number of aryl methyl sites for hydroxylation is 1. The third-order valence-corrected chi connectivity index (χ3v) is 2.75. The molecule has 0 aliphatic rings. The van der Waals surface area contributed by atoms with Gasteiger partial charge in [-0.3, -0.25) is 5.41 Å². The van der Waals surface area contributed by atoms with E-state index in [1.54, 1.807) is 18.3 Å². The first-order chi connectivity index (χ1) is 9.63. The van der Waals surface area contributed by atoms with E-state index in [0.717, 1.165) is 5.56 Å². The molecule has 0 fully saturated rings. The van der Waals surface area contributed by atoms with Crippen LogP contribution in [0.25, 0.3) is 0 Å². The minimum Gasteiger partial charge on any atom is -0.490 e. The number of nitrogen functional groups attached to an aromatic ring is 1. The summed E-state index contributed by atoms with van der Waals surface area (Å²) < 4.78 is 11.3. The topological polar surface area (TPSA) is 81.2 Å². The normalized spacial score (nSPS) is 10.1. The van der Waals surface area contributed by atoms with Crippen LogP contribution in [0.5, 0.6) is 17.4 Å². The Hall–Kier alpha value is -2.56. The number of pyridine rings is 1. The van der Waals surface area contributed by atoms with Crippen LogP contribution in [0.15, 0.2) is 36.5 Å². The van der Waals surface area contributed by atoms with Crippen LogP contribution in [0.1, 0.15) is 18.1 Å². The Bertz CT molecular complexity index is 626. The second kappa shape index (κ2) is 6.06. The highest BCUT2D eigenvalue weighted by molar-refractivity contribution is 5.98. The molecule has 20 heavy (non-hydrogen) atoms. The van der Waals surface area contributed by atoms with E-state index in [9.17, 15) is 0 Å². The van der Waals surface area contributed by atoms with E-state index in [4.69, 9.17) is 20.6 Å². The molecular weight excluding hydrogens is 254 g/mol. The average molecular weight is 271 g/mol. The van der Waals surface area contributed by atoms with Crippen molar-refractivity contribution >= 4 is 5.84 Å². The molecule has 3 N–H and O–H groups in total. The van der Waals surface area contributed by atoms with Crippen LogP contribution < -0.4 is 15.2 Å². The highest BCUT2D eigenvalue weighted by Crippen LogP contribution is 2.32. The smallest absolute Gasteiger partial charge is 0.230 e. The average Bonchev–Trinajstić information content (AvgIpc) is 2.41. The van der Waals surface area contributed by atoms with Gasteiger partial charge in [0.25, 0.3) is 0 Å². The summed E-state index contributed by atoms with van der Waals surface area (Å²) in [5.74, 6) is 1.42. The van der Waals surface area contributed by atoms with Crippen LogP contribution in [0.3, 0.4) is 0 Å². The van der Waals surface area contributed by atoms with E-state index in [2.05, 4.69) is 4.98 Å². The van der Waals surface area contributed by atoms with Gasteiger partial charge in [-0.1, -0.05) is 12.1 Å². The standard InChI is InChI=1S/C15H17N3O2/c1-3-19-11-6-4-5-7-12(11)20-15-13(14(16)17)10(2)8-9-18-15/h4-9H,3H2,1-2H3,(H3,16,17). The number of nitrogens with two attached hydrogens (primary N) is 1. The second-order valence-corrected chi connectivity index (χ2v) is 4.20. The minimum absolute atomic E-state index is 0.0699. The van der Waals surface area contributed by atoms with Gasteiger partial charge in [0.1, 0.15) is 5.84 Å².